The number of benzene rings is 1. The SMILES string of the molecule is CN(C(=O)c1cccs1)c1cccc(C(N)=S)c1. The van der Waals surface area contributed by atoms with Crippen LogP contribution in [-0.2, 0) is 0 Å². The molecule has 0 radical (unpaired) electrons. The van der Waals surface area contributed by atoms with Gasteiger partial charge >= 0.3 is 0 Å². The molecule has 1 amide bonds. The molecule has 0 aliphatic rings. The zero-order valence-electron chi connectivity index (χ0n) is 9.79. The van der Waals surface area contributed by atoms with Crippen LogP contribution in [0.15, 0.2) is 41.8 Å². The number of amides is 1. The van der Waals surface area contributed by atoms with E-state index in [1.807, 2.05) is 35.7 Å². The zero-order chi connectivity index (χ0) is 13.1. The maximum absolute atomic E-state index is 12.2. The van der Waals surface area contributed by atoms with Crippen molar-refractivity contribution in [3.63, 3.8) is 0 Å². The largest absolute Gasteiger partial charge is 0.389 e. The Labute approximate surface area is 115 Å². The molecule has 1 heterocycles. The molecule has 2 N–H and O–H groups in total. The average molecular weight is 276 g/mol. The van der Waals surface area contributed by atoms with E-state index in [9.17, 15) is 4.79 Å². The molecular formula is C13H12N2OS2. The molecule has 0 unspecified atom stereocenters. The van der Waals surface area contributed by atoms with Gasteiger partial charge in [0.05, 0.1) is 4.88 Å². The predicted octanol–water partition coefficient (Wildman–Crippen LogP) is 2.66. The predicted molar refractivity (Wildman–Crippen MR) is 79.4 cm³/mol. The van der Waals surface area contributed by atoms with Crippen molar-refractivity contribution in [2.24, 2.45) is 5.73 Å². The molecule has 0 aliphatic carbocycles. The number of anilines is 1. The summed E-state index contributed by atoms with van der Waals surface area (Å²) in [6.07, 6.45) is 0. The van der Waals surface area contributed by atoms with Gasteiger partial charge in [0.1, 0.15) is 4.99 Å². The second-order valence-electron chi connectivity index (χ2n) is 3.76. The standard InChI is InChI=1S/C13H12N2OS2/c1-15(13(16)11-6-3-7-18-11)10-5-2-4-9(8-10)12(14)17/h2-8H,1H3,(H2,14,17). The quantitative estimate of drug-likeness (QED) is 0.877. The van der Waals surface area contributed by atoms with Crippen LogP contribution >= 0.6 is 23.6 Å². The van der Waals surface area contributed by atoms with E-state index in [1.54, 1.807) is 18.0 Å². The number of carbonyl (C=O) groups excluding carboxylic acids is 1. The van der Waals surface area contributed by atoms with Crippen molar-refractivity contribution in [2.45, 2.75) is 0 Å². The summed E-state index contributed by atoms with van der Waals surface area (Å²) in [7, 11) is 1.74. The number of nitrogens with two attached hydrogens (primary N) is 1. The molecule has 0 saturated carbocycles. The Morgan fingerprint density at radius 3 is 2.72 bits per heavy atom. The van der Waals surface area contributed by atoms with Crippen molar-refractivity contribution in [1.29, 1.82) is 0 Å². The van der Waals surface area contributed by atoms with E-state index in [0.717, 1.165) is 11.3 Å². The van der Waals surface area contributed by atoms with Gasteiger partial charge in [-0.25, -0.2) is 0 Å². The Morgan fingerprint density at radius 2 is 2.11 bits per heavy atom. The molecule has 3 nitrogen and oxygen atoms in total. The number of rotatable bonds is 3. The molecule has 1 aromatic heterocycles. The number of nitrogens with zero attached hydrogens (tertiary/aromatic N) is 1. The summed E-state index contributed by atoms with van der Waals surface area (Å²) in [5.41, 5.74) is 7.12. The van der Waals surface area contributed by atoms with Crippen LogP contribution in [0.2, 0.25) is 0 Å². The van der Waals surface area contributed by atoms with Crippen molar-refractivity contribution in [3.05, 3.63) is 52.2 Å². The number of thiophene rings is 1. The first-order valence-corrected chi connectivity index (χ1v) is 6.60. The lowest BCUT2D eigenvalue weighted by molar-refractivity contribution is 0.0997. The Bertz CT molecular complexity index is 578. The van der Waals surface area contributed by atoms with Crippen molar-refractivity contribution >= 4 is 40.1 Å². The molecule has 0 aliphatic heterocycles. The van der Waals surface area contributed by atoms with Crippen LogP contribution in [-0.4, -0.2) is 17.9 Å². The summed E-state index contributed by atoms with van der Waals surface area (Å²) in [4.78, 5) is 14.8. The number of thiocarbonyl (C=S) groups is 1. The molecule has 5 heteroatoms. The molecule has 18 heavy (non-hydrogen) atoms. The normalized spacial score (nSPS) is 10.1. The zero-order valence-corrected chi connectivity index (χ0v) is 11.4. The van der Waals surface area contributed by atoms with Crippen LogP contribution in [0.25, 0.3) is 0 Å². The summed E-state index contributed by atoms with van der Waals surface area (Å²) < 4.78 is 0. The smallest absolute Gasteiger partial charge is 0.268 e. The van der Waals surface area contributed by atoms with Crippen LogP contribution in [0.3, 0.4) is 0 Å². The highest BCUT2D eigenvalue weighted by molar-refractivity contribution is 7.80. The molecule has 0 atom stereocenters. The Kier molecular flexibility index (Phi) is 3.74. The lowest BCUT2D eigenvalue weighted by Gasteiger charge is -2.17. The monoisotopic (exact) mass is 276 g/mol. The Balaban J connectivity index is 2.29. The molecule has 2 aromatic rings. The summed E-state index contributed by atoms with van der Waals surface area (Å²) in [5.74, 6) is -0.0370. The second kappa shape index (κ2) is 5.29. The van der Waals surface area contributed by atoms with Gasteiger partial charge in [0.2, 0.25) is 0 Å². The van der Waals surface area contributed by atoms with Crippen LogP contribution < -0.4 is 10.6 Å². The number of hydrogen-bond donors (Lipinski definition) is 1. The van der Waals surface area contributed by atoms with Crippen LogP contribution in [0.5, 0.6) is 0 Å². The van der Waals surface area contributed by atoms with Crippen molar-refractivity contribution in [1.82, 2.24) is 0 Å². The highest BCUT2D eigenvalue weighted by Gasteiger charge is 2.14. The fourth-order valence-electron chi connectivity index (χ4n) is 1.55. The minimum absolute atomic E-state index is 0.0370. The fraction of sp³-hybridized carbons (Fsp3) is 0.0769. The summed E-state index contributed by atoms with van der Waals surface area (Å²) >= 11 is 6.35. The van der Waals surface area contributed by atoms with Gasteiger partial charge in [0.15, 0.2) is 0 Å². The van der Waals surface area contributed by atoms with Gasteiger partial charge < -0.3 is 10.6 Å². The fourth-order valence-corrected chi connectivity index (χ4v) is 2.38. The van der Waals surface area contributed by atoms with E-state index < -0.39 is 0 Å². The van der Waals surface area contributed by atoms with E-state index in [-0.39, 0.29) is 5.91 Å². The highest BCUT2D eigenvalue weighted by Crippen LogP contribution is 2.19. The van der Waals surface area contributed by atoms with Gasteiger partial charge in [0, 0.05) is 18.3 Å². The van der Waals surface area contributed by atoms with Crippen molar-refractivity contribution in [2.75, 3.05) is 11.9 Å². The third-order valence-electron chi connectivity index (χ3n) is 2.55. The van der Waals surface area contributed by atoms with Crippen molar-refractivity contribution < 1.29 is 4.79 Å². The first kappa shape index (κ1) is 12.7. The maximum atomic E-state index is 12.2. The molecule has 0 fully saturated rings. The van der Waals surface area contributed by atoms with E-state index in [2.05, 4.69) is 0 Å². The van der Waals surface area contributed by atoms with Gasteiger partial charge in [-0.2, -0.15) is 0 Å². The first-order chi connectivity index (χ1) is 8.59. The van der Waals surface area contributed by atoms with Gasteiger partial charge in [-0.05, 0) is 23.6 Å². The maximum Gasteiger partial charge on any atom is 0.268 e. The lowest BCUT2D eigenvalue weighted by Crippen LogP contribution is -2.25. The van der Waals surface area contributed by atoms with Crippen LogP contribution in [0.1, 0.15) is 15.2 Å². The molecular weight excluding hydrogens is 264 g/mol. The summed E-state index contributed by atoms with van der Waals surface area (Å²) in [6, 6.07) is 11.0. The third kappa shape index (κ3) is 2.57. The molecule has 2 rings (SSSR count). The molecule has 92 valence electrons. The third-order valence-corrected chi connectivity index (χ3v) is 3.65. The van der Waals surface area contributed by atoms with Crippen LogP contribution in [0, 0.1) is 0 Å². The topological polar surface area (TPSA) is 46.3 Å². The summed E-state index contributed by atoms with van der Waals surface area (Å²) in [6.45, 7) is 0. The second-order valence-corrected chi connectivity index (χ2v) is 5.14. The number of carbonyl (C=O) groups is 1. The van der Waals surface area contributed by atoms with Crippen LogP contribution in [0.4, 0.5) is 5.69 Å². The molecule has 0 spiro atoms. The minimum Gasteiger partial charge on any atom is -0.389 e. The van der Waals surface area contributed by atoms with E-state index in [1.165, 1.54) is 11.3 Å². The Morgan fingerprint density at radius 1 is 1.33 bits per heavy atom. The van der Waals surface area contributed by atoms with Gasteiger partial charge in [-0.15, -0.1) is 11.3 Å². The van der Waals surface area contributed by atoms with Gasteiger partial charge in [-0.1, -0.05) is 30.4 Å². The van der Waals surface area contributed by atoms with E-state index in [0.29, 0.717) is 9.87 Å². The van der Waals surface area contributed by atoms with Gasteiger partial charge in [0.25, 0.3) is 5.91 Å². The Hall–Kier alpha value is -1.72. The van der Waals surface area contributed by atoms with Crippen molar-refractivity contribution in [3.8, 4) is 0 Å². The molecule has 1 aromatic carbocycles. The molecule has 0 bridgehead atoms. The van der Waals surface area contributed by atoms with E-state index >= 15 is 0 Å². The first-order valence-electron chi connectivity index (χ1n) is 5.31. The lowest BCUT2D eigenvalue weighted by atomic mass is 10.2. The summed E-state index contributed by atoms with van der Waals surface area (Å²) in [5, 5.41) is 1.88. The number of hydrogen-bond acceptors (Lipinski definition) is 3. The highest BCUT2D eigenvalue weighted by atomic mass is 32.1. The van der Waals surface area contributed by atoms with E-state index in [4.69, 9.17) is 18.0 Å². The molecule has 0 saturated heterocycles. The average Bonchev–Trinajstić information content (AvgIpc) is 2.91. The minimum atomic E-state index is -0.0370. The van der Waals surface area contributed by atoms with Gasteiger partial charge in [-0.3, -0.25) is 4.79 Å².